The number of likely N-dealkylation sites (N-methyl/N-ethyl adjacent to an activating group) is 2. The van der Waals surface area contributed by atoms with Crippen molar-refractivity contribution in [1.82, 2.24) is 9.80 Å². The number of rotatable bonds is 8. The van der Waals surface area contributed by atoms with Gasteiger partial charge in [-0.15, -0.1) is 0 Å². The molecule has 0 heterocycles. The average Bonchev–Trinajstić information content (AvgIpc) is 2.78. The van der Waals surface area contributed by atoms with Crippen molar-refractivity contribution in [1.29, 1.82) is 0 Å². The molecule has 2 aliphatic rings. The van der Waals surface area contributed by atoms with Crippen molar-refractivity contribution < 1.29 is 28.3 Å². The minimum absolute atomic E-state index is 0. The van der Waals surface area contributed by atoms with Gasteiger partial charge in [-0.1, -0.05) is 45.4 Å². The minimum Gasteiger partial charge on any atom is -0.481 e. The molecule has 2 aliphatic carbocycles. The number of carboxylic acids is 1. The number of carbonyl (C=O) groups is 1. The zero-order valence-electron chi connectivity index (χ0n) is 25.0. The van der Waals surface area contributed by atoms with Crippen molar-refractivity contribution in [2.75, 3.05) is 60.1 Å². The Labute approximate surface area is 236 Å². The molecule has 0 unspecified atom stereocenters. The lowest BCUT2D eigenvalue weighted by atomic mass is 9.49. The summed E-state index contributed by atoms with van der Waals surface area (Å²) in [4.78, 5) is 16.3. The van der Waals surface area contributed by atoms with E-state index in [4.69, 9.17) is 11.5 Å². The van der Waals surface area contributed by atoms with Gasteiger partial charge in [0.25, 0.3) is 10.1 Å². The van der Waals surface area contributed by atoms with E-state index >= 15 is 0 Å². The van der Waals surface area contributed by atoms with Gasteiger partial charge in [0.2, 0.25) is 0 Å². The Kier molecular flexibility index (Phi) is 15.3. The molecule has 0 saturated heterocycles. The minimum atomic E-state index is -4.38. The lowest BCUT2D eigenvalue weighted by Crippen LogP contribution is -2.56. The molecule has 1 aromatic rings. The molecular formula is C28H54N4O6S. The van der Waals surface area contributed by atoms with Gasteiger partial charge in [0, 0.05) is 26.2 Å². The van der Waals surface area contributed by atoms with Crippen LogP contribution in [0.1, 0.15) is 69.1 Å². The zero-order chi connectivity index (χ0) is 29.3. The Morgan fingerprint density at radius 3 is 2.00 bits per heavy atom. The number of aliphatic carboxylic acids is 1. The highest BCUT2D eigenvalue weighted by Gasteiger charge is 2.59. The van der Waals surface area contributed by atoms with E-state index in [0.717, 1.165) is 44.6 Å². The van der Waals surface area contributed by atoms with Gasteiger partial charge in [0.05, 0.1) is 11.2 Å². The third-order valence-electron chi connectivity index (χ3n) is 7.89. The molecule has 1 fully saturated rings. The number of benzene rings is 1. The van der Waals surface area contributed by atoms with E-state index in [1.54, 1.807) is 0 Å². The summed E-state index contributed by atoms with van der Waals surface area (Å²) in [6, 6.07) is 6.44. The highest BCUT2D eigenvalue weighted by Crippen LogP contribution is 2.58. The topological polar surface area (TPSA) is 182 Å². The number of hydrogen-bond acceptors (Lipinski definition) is 7. The second-order valence-corrected chi connectivity index (χ2v) is 13.3. The zero-order valence-corrected chi connectivity index (χ0v) is 25.9. The van der Waals surface area contributed by atoms with E-state index in [2.05, 4.69) is 48.8 Å². The third kappa shape index (κ3) is 10.4. The van der Waals surface area contributed by atoms with Crippen molar-refractivity contribution >= 4 is 16.1 Å². The first-order valence-corrected chi connectivity index (χ1v) is 15.2. The summed E-state index contributed by atoms with van der Waals surface area (Å²) in [5.74, 6) is -1.68. The summed E-state index contributed by atoms with van der Waals surface area (Å²) in [6.45, 7) is 9.86. The van der Waals surface area contributed by atoms with Crippen LogP contribution in [-0.2, 0) is 26.7 Å². The quantitative estimate of drug-likeness (QED) is 0.337. The Balaban J connectivity index is 0.000000934. The molecule has 0 radical (unpaired) electrons. The fourth-order valence-electron chi connectivity index (χ4n) is 6.02. The molecule has 11 heteroatoms. The van der Waals surface area contributed by atoms with Gasteiger partial charge in [-0.2, -0.15) is 8.42 Å². The maximum Gasteiger partial charge on any atom is 0.311 e. The summed E-state index contributed by atoms with van der Waals surface area (Å²) >= 11 is 0. The van der Waals surface area contributed by atoms with Crippen LogP contribution < -0.4 is 11.5 Å². The lowest BCUT2D eigenvalue weighted by Gasteiger charge is -2.54. The second kappa shape index (κ2) is 16.0. The van der Waals surface area contributed by atoms with Crippen molar-refractivity contribution in [2.45, 2.75) is 64.2 Å². The van der Waals surface area contributed by atoms with E-state index in [-0.39, 0.29) is 16.8 Å². The van der Waals surface area contributed by atoms with Gasteiger partial charge in [-0.3, -0.25) is 9.35 Å². The molecule has 0 amide bonds. The van der Waals surface area contributed by atoms with Gasteiger partial charge in [0.1, 0.15) is 0 Å². The molecule has 228 valence electrons. The molecule has 1 aromatic carbocycles. The third-order valence-corrected chi connectivity index (χ3v) is 8.77. The number of aryl methyl sites for hydroxylation is 1. The molecule has 8 N–H and O–H groups in total. The highest BCUT2D eigenvalue weighted by atomic mass is 32.2. The van der Waals surface area contributed by atoms with Crippen molar-refractivity contribution in [2.24, 2.45) is 22.8 Å². The number of nitrogens with two attached hydrogens (primary N) is 2. The fraction of sp³-hybridized carbons (Fsp3) is 0.750. The van der Waals surface area contributed by atoms with E-state index in [1.807, 2.05) is 28.2 Å². The number of nitrogens with zero attached hydrogens (tertiary/aromatic N) is 2. The van der Waals surface area contributed by atoms with Crippen LogP contribution in [0.15, 0.2) is 18.2 Å². The summed E-state index contributed by atoms with van der Waals surface area (Å²) in [7, 11) is 3.65. The first-order chi connectivity index (χ1) is 17.5. The van der Waals surface area contributed by atoms with Crippen molar-refractivity contribution in [3.8, 4) is 0 Å². The molecule has 39 heavy (non-hydrogen) atoms. The predicted octanol–water partition coefficient (Wildman–Crippen LogP) is 1.96. The van der Waals surface area contributed by atoms with E-state index in [0.29, 0.717) is 25.2 Å². The second-order valence-electron chi connectivity index (χ2n) is 11.8. The maximum absolute atomic E-state index is 12.2. The van der Waals surface area contributed by atoms with Crippen LogP contribution in [0.3, 0.4) is 0 Å². The molecule has 3 atom stereocenters. The van der Waals surface area contributed by atoms with Gasteiger partial charge < -0.3 is 31.8 Å². The smallest absolute Gasteiger partial charge is 0.311 e. The standard InChI is InChI=1S/C20H28O5S.2C4H12N2.H2O/c1-13(2)14-5-7-16-15(11-14)6-8-17-19(16,3)9-4-10-20(17,18(21)22)12-26(23,24)25;2*1-6(2)4-3-5;/h5,7,11,13,17H,4,6,8-10,12H2,1-3H3,(H,21,22)(H,23,24,25);2*3-5H2,1-2H3;1H2/t17-,19-,20-;;;/m1.../s1. The van der Waals surface area contributed by atoms with Crippen LogP contribution in [-0.4, -0.2) is 99.4 Å². The Morgan fingerprint density at radius 2 is 1.62 bits per heavy atom. The van der Waals surface area contributed by atoms with E-state index < -0.39 is 27.3 Å². The normalized spacial score (nSPS) is 24.0. The van der Waals surface area contributed by atoms with Gasteiger partial charge in [-0.25, -0.2) is 0 Å². The van der Waals surface area contributed by atoms with Gasteiger partial charge in [-0.05, 0) is 87.8 Å². The molecule has 1 saturated carbocycles. The first-order valence-electron chi connectivity index (χ1n) is 13.6. The predicted molar refractivity (Wildman–Crippen MR) is 159 cm³/mol. The Hall–Kier alpha value is -1.60. The van der Waals surface area contributed by atoms with Crippen LogP contribution in [0.25, 0.3) is 0 Å². The first kappa shape index (κ1) is 37.4. The summed E-state index contributed by atoms with van der Waals surface area (Å²) in [5.41, 5.74) is 12.2. The summed E-state index contributed by atoms with van der Waals surface area (Å²) in [6.07, 6.45) is 3.15. The highest BCUT2D eigenvalue weighted by molar-refractivity contribution is 7.85. The largest absolute Gasteiger partial charge is 0.481 e. The van der Waals surface area contributed by atoms with E-state index in [9.17, 15) is 22.9 Å². The molecular weight excluding hydrogens is 520 g/mol. The number of carboxylic acid groups (broad SMARTS) is 1. The number of hydrogen-bond donors (Lipinski definition) is 4. The Bertz CT molecular complexity index is 992. The van der Waals surface area contributed by atoms with Gasteiger partial charge >= 0.3 is 5.97 Å². The van der Waals surface area contributed by atoms with E-state index in [1.165, 1.54) is 11.1 Å². The van der Waals surface area contributed by atoms with Gasteiger partial charge in [0.15, 0.2) is 0 Å². The van der Waals surface area contributed by atoms with Crippen LogP contribution >= 0.6 is 0 Å². The molecule has 0 spiro atoms. The van der Waals surface area contributed by atoms with Crippen LogP contribution in [0.4, 0.5) is 0 Å². The van der Waals surface area contributed by atoms with Crippen molar-refractivity contribution in [3.63, 3.8) is 0 Å². The monoisotopic (exact) mass is 574 g/mol. The Morgan fingerprint density at radius 1 is 1.08 bits per heavy atom. The molecule has 0 bridgehead atoms. The lowest BCUT2D eigenvalue weighted by molar-refractivity contribution is -0.157. The average molecular weight is 575 g/mol. The summed E-state index contributed by atoms with van der Waals surface area (Å²) < 4.78 is 32.8. The van der Waals surface area contributed by atoms with Crippen LogP contribution in [0.2, 0.25) is 0 Å². The van der Waals surface area contributed by atoms with Crippen LogP contribution in [0.5, 0.6) is 0 Å². The molecule has 10 nitrogen and oxygen atoms in total. The molecule has 0 aromatic heterocycles. The SMILES string of the molecule is CC(C)c1ccc2c(c1)CC[C@H]1[C@@](CS(=O)(=O)O)(C(=O)O)CCC[C@]21C.CN(C)CCN.CN(C)CCN.O. The molecule has 0 aliphatic heterocycles. The van der Waals surface area contributed by atoms with Crippen LogP contribution in [0, 0.1) is 11.3 Å². The fourth-order valence-corrected chi connectivity index (χ4v) is 7.14. The van der Waals surface area contributed by atoms with Crippen molar-refractivity contribution in [3.05, 3.63) is 34.9 Å². The molecule has 3 rings (SSSR count). The summed E-state index contributed by atoms with van der Waals surface area (Å²) in [5, 5.41) is 9.99. The maximum atomic E-state index is 12.2. The number of fused-ring (bicyclic) bond motifs is 3.